The number of hydrogen-bond donors (Lipinski definition) is 1. The average Bonchev–Trinajstić information content (AvgIpc) is 2.53. The fourth-order valence-corrected chi connectivity index (χ4v) is 2.64. The van der Waals surface area contributed by atoms with Gasteiger partial charge in [0.25, 0.3) is 5.56 Å². The van der Waals surface area contributed by atoms with Gasteiger partial charge >= 0.3 is 0 Å². The molecule has 0 spiro atoms. The number of hydrogen-bond acceptors (Lipinski definition) is 3. The Hall–Kier alpha value is -2.59. The number of rotatable bonds is 3. The molecule has 4 nitrogen and oxygen atoms in total. The second-order valence-electron chi connectivity index (χ2n) is 4.92. The van der Waals surface area contributed by atoms with Gasteiger partial charge in [0.1, 0.15) is 11.3 Å². The van der Waals surface area contributed by atoms with Crippen LogP contribution < -0.4 is 5.56 Å². The molecular formula is C17H12ClNO3. The summed E-state index contributed by atoms with van der Waals surface area (Å²) in [6.07, 6.45) is 0.375. The standard InChI is InChI=1S/C17H12ClNO3/c18-12-6-7-15-13(8-12)16(21)14(10-20)17(22)19(15)9-11-4-2-1-3-5-11/h1-8,10,21H,9H2. The van der Waals surface area contributed by atoms with E-state index in [4.69, 9.17) is 11.6 Å². The van der Waals surface area contributed by atoms with Crippen molar-refractivity contribution in [3.05, 3.63) is 75.0 Å². The Labute approximate surface area is 131 Å². The monoisotopic (exact) mass is 313 g/mol. The molecule has 22 heavy (non-hydrogen) atoms. The zero-order valence-corrected chi connectivity index (χ0v) is 12.2. The minimum Gasteiger partial charge on any atom is -0.506 e. The Morgan fingerprint density at radius 3 is 2.55 bits per heavy atom. The number of benzene rings is 2. The number of pyridine rings is 1. The lowest BCUT2D eigenvalue weighted by Crippen LogP contribution is -2.24. The first kappa shape index (κ1) is 14.4. The Morgan fingerprint density at radius 1 is 1.14 bits per heavy atom. The van der Waals surface area contributed by atoms with Crippen molar-refractivity contribution < 1.29 is 9.90 Å². The van der Waals surface area contributed by atoms with E-state index >= 15 is 0 Å². The van der Waals surface area contributed by atoms with E-state index < -0.39 is 5.56 Å². The molecule has 0 saturated heterocycles. The highest BCUT2D eigenvalue weighted by molar-refractivity contribution is 6.31. The first-order valence-corrected chi connectivity index (χ1v) is 7.03. The number of aldehydes is 1. The van der Waals surface area contributed by atoms with Crippen molar-refractivity contribution in [1.82, 2.24) is 4.57 Å². The number of fused-ring (bicyclic) bond motifs is 1. The van der Waals surface area contributed by atoms with Crippen LogP contribution in [0.1, 0.15) is 15.9 Å². The summed E-state index contributed by atoms with van der Waals surface area (Å²) in [7, 11) is 0. The third kappa shape index (κ3) is 2.38. The summed E-state index contributed by atoms with van der Waals surface area (Å²) in [5, 5.41) is 10.9. The fourth-order valence-electron chi connectivity index (χ4n) is 2.46. The number of nitrogens with zero attached hydrogens (tertiary/aromatic N) is 1. The molecule has 110 valence electrons. The van der Waals surface area contributed by atoms with Crippen LogP contribution in [0.2, 0.25) is 5.02 Å². The molecule has 1 aromatic heterocycles. The smallest absolute Gasteiger partial charge is 0.265 e. The Bertz CT molecular complexity index is 917. The molecule has 5 heteroatoms. The summed E-state index contributed by atoms with van der Waals surface area (Å²) >= 11 is 5.95. The van der Waals surface area contributed by atoms with Crippen molar-refractivity contribution in [2.75, 3.05) is 0 Å². The van der Waals surface area contributed by atoms with Crippen LogP contribution in [0, 0.1) is 0 Å². The largest absolute Gasteiger partial charge is 0.506 e. The van der Waals surface area contributed by atoms with Gasteiger partial charge in [-0.05, 0) is 23.8 Å². The maximum atomic E-state index is 12.5. The van der Waals surface area contributed by atoms with Crippen LogP contribution in [0.15, 0.2) is 53.3 Å². The third-order valence-corrected chi connectivity index (χ3v) is 3.77. The number of carbonyl (C=O) groups is 1. The van der Waals surface area contributed by atoms with E-state index in [0.717, 1.165) is 5.56 Å². The minimum atomic E-state index is -0.522. The highest BCUT2D eigenvalue weighted by Gasteiger charge is 2.16. The Morgan fingerprint density at radius 2 is 1.86 bits per heavy atom. The minimum absolute atomic E-state index is 0.259. The molecule has 0 amide bonds. The van der Waals surface area contributed by atoms with Gasteiger partial charge < -0.3 is 9.67 Å². The lowest BCUT2D eigenvalue weighted by Gasteiger charge is -2.13. The lowest BCUT2D eigenvalue weighted by atomic mass is 10.1. The van der Waals surface area contributed by atoms with Gasteiger partial charge in [0, 0.05) is 10.4 Å². The molecule has 3 aromatic rings. The molecule has 0 aliphatic heterocycles. The number of carbonyl (C=O) groups excluding carboxylic acids is 1. The predicted octanol–water partition coefficient (Wildman–Crippen LogP) is 3.22. The summed E-state index contributed by atoms with van der Waals surface area (Å²) in [5.74, 6) is -0.332. The average molecular weight is 314 g/mol. The summed E-state index contributed by atoms with van der Waals surface area (Å²) in [5.41, 5.74) is 0.668. The molecular weight excluding hydrogens is 302 g/mol. The molecule has 0 aliphatic carbocycles. The summed E-state index contributed by atoms with van der Waals surface area (Å²) in [6.45, 7) is 0.304. The van der Waals surface area contributed by atoms with Gasteiger partial charge in [-0.2, -0.15) is 0 Å². The van der Waals surface area contributed by atoms with Crippen molar-refractivity contribution >= 4 is 28.8 Å². The quantitative estimate of drug-likeness (QED) is 0.755. The van der Waals surface area contributed by atoms with Gasteiger partial charge in [0.05, 0.1) is 12.1 Å². The Kier molecular flexibility index (Phi) is 3.69. The van der Waals surface area contributed by atoms with Crippen LogP contribution in [0.3, 0.4) is 0 Å². The first-order chi connectivity index (χ1) is 10.6. The van der Waals surface area contributed by atoms with Crippen LogP contribution in [0.5, 0.6) is 5.75 Å². The zero-order chi connectivity index (χ0) is 15.7. The van der Waals surface area contributed by atoms with Crippen LogP contribution in [0.25, 0.3) is 10.9 Å². The van der Waals surface area contributed by atoms with Crippen LogP contribution >= 0.6 is 11.6 Å². The van der Waals surface area contributed by atoms with E-state index in [-0.39, 0.29) is 11.3 Å². The summed E-state index contributed by atoms with van der Waals surface area (Å²) < 4.78 is 1.46. The van der Waals surface area contributed by atoms with Crippen molar-refractivity contribution in [2.45, 2.75) is 6.54 Å². The maximum Gasteiger partial charge on any atom is 0.265 e. The van der Waals surface area contributed by atoms with Gasteiger partial charge in [-0.25, -0.2) is 0 Å². The topological polar surface area (TPSA) is 59.3 Å². The molecule has 0 aliphatic rings. The van der Waals surface area contributed by atoms with Gasteiger partial charge in [0.2, 0.25) is 0 Å². The van der Waals surface area contributed by atoms with Gasteiger partial charge in [-0.3, -0.25) is 9.59 Å². The van der Waals surface area contributed by atoms with E-state index in [1.807, 2.05) is 30.3 Å². The molecule has 0 atom stereocenters. The zero-order valence-electron chi connectivity index (χ0n) is 11.5. The highest BCUT2D eigenvalue weighted by Crippen LogP contribution is 2.28. The molecule has 0 radical (unpaired) electrons. The van der Waals surface area contributed by atoms with Crippen molar-refractivity contribution in [3.8, 4) is 5.75 Å². The molecule has 1 heterocycles. The number of halogens is 1. The van der Waals surface area contributed by atoms with Gasteiger partial charge in [-0.1, -0.05) is 41.9 Å². The number of aromatic hydroxyl groups is 1. The fraction of sp³-hybridized carbons (Fsp3) is 0.0588. The Balaban J connectivity index is 2.33. The molecule has 0 saturated carbocycles. The third-order valence-electron chi connectivity index (χ3n) is 3.54. The van der Waals surface area contributed by atoms with Crippen molar-refractivity contribution in [3.63, 3.8) is 0 Å². The second kappa shape index (κ2) is 5.66. The van der Waals surface area contributed by atoms with Crippen molar-refractivity contribution in [2.24, 2.45) is 0 Å². The molecule has 0 bridgehead atoms. The van der Waals surface area contributed by atoms with E-state index in [1.54, 1.807) is 18.2 Å². The molecule has 0 unspecified atom stereocenters. The van der Waals surface area contributed by atoms with E-state index in [9.17, 15) is 14.7 Å². The normalized spacial score (nSPS) is 10.8. The molecule has 2 aromatic carbocycles. The number of aromatic nitrogens is 1. The lowest BCUT2D eigenvalue weighted by molar-refractivity contribution is 0.111. The SMILES string of the molecule is O=Cc1c(O)c2cc(Cl)ccc2n(Cc2ccccc2)c1=O. The van der Waals surface area contributed by atoms with E-state index in [1.165, 1.54) is 4.57 Å². The first-order valence-electron chi connectivity index (χ1n) is 6.66. The van der Waals surface area contributed by atoms with Crippen LogP contribution in [-0.4, -0.2) is 16.0 Å². The van der Waals surface area contributed by atoms with Crippen LogP contribution in [-0.2, 0) is 6.54 Å². The van der Waals surface area contributed by atoms with Gasteiger partial charge in [-0.15, -0.1) is 0 Å². The summed E-state index contributed by atoms with van der Waals surface area (Å²) in [6, 6.07) is 14.3. The van der Waals surface area contributed by atoms with Crippen molar-refractivity contribution in [1.29, 1.82) is 0 Å². The van der Waals surface area contributed by atoms with Gasteiger partial charge in [0.15, 0.2) is 6.29 Å². The van der Waals surface area contributed by atoms with Crippen LogP contribution in [0.4, 0.5) is 0 Å². The maximum absolute atomic E-state index is 12.5. The predicted molar refractivity (Wildman–Crippen MR) is 85.8 cm³/mol. The van der Waals surface area contributed by atoms with E-state index in [0.29, 0.717) is 28.8 Å². The summed E-state index contributed by atoms with van der Waals surface area (Å²) in [4.78, 5) is 23.6. The second-order valence-corrected chi connectivity index (χ2v) is 5.35. The van der Waals surface area contributed by atoms with E-state index in [2.05, 4.69) is 0 Å². The molecule has 3 rings (SSSR count). The highest BCUT2D eigenvalue weighted by atomic mass is 35.5. The molecule has 1 N–H and O–H groups in total. The molecule has 0 fully saturated rings.